The van der Waals surface area contributed by atoms with Crippen molar-refractivity contribution in [1.82, 2.24) is 15.3 Å². The molecule has 0 spiro atoms. The molecule has 1 aromatic heterocycles. The minimum atomic E-state index is 0.0390. The lowest BCUT2D eigenvalue weighted by Gasteiger charge is -2.32. The van der Waals surface area contributed by atoms with Crippen LogP contribution in [0.3, 0.4) is 0 Å². The fraction of sp³-hybridized carbons (Fsp3) is 0.688. The van der Waals surface area contributed by atoms with Crippen molar-refractivity contribution < 1.29 is 4.79 Å². The lowest BCUT2D eigenvalue weighted by molar-refractivity contribution is -0.125. The van der Waals surface area contributed by atoms with E-state index >= 15 is 0 Å². The maximum atomic E-state index is 12.3. The lowest BCUT2D eigenvalue weighted by atomic mass is 9.97. The fourth-order valence-corrected chi connectivity index (χ4v) is 2.68. The van der Waals surface area contributed by atoms with Crippen molar-refractivity contribution >= 4 is 11.9 Å². The summed E-state index contributed by atoms with van der Waals surface area (Å²) in [5, 5.41) is 3.09. The second kappa shape index (κ2) is 6.87. The first kappa shape index (κ1) is 15.7. The highest BCUT2D eigenvalue weighted by molar-refractivity contribution is 5.79. The van der Waals surface area contributed by atoms with Crippen molar-refractivity contribution in [2.45, 2.75) is 53.0 Å². The number of rotatable bonds is 4. The average molecular weight is 290 g/mol. The van der Waals surface area contributed by atoms with Crippen molar-refractivity contribution in [3.05, 3.63) is 17.5 Å². The molecule has 21 heavy (non-hydrogen) atoms. The molecule has 1 saturated heterocycles. The highest BCUT2D eigenvalue weighted by atomic mass is 16.2. The van der Waals surface area contributed by atoms with Gasteiger partial charge >= 0.3 is 0 Å². The van der Waals surface area contributed by atoms with Gasteiger partial charge < -0.3 is 10.2 Å². The average Bonchev–Trinajstić information content (AvgIpc) is 2.46. The minimum Gasteiger partial charge on any atom is -0.353 e. The quantitative estimate of drug-likeness (QED) is 0.924. The van der Waals surface area contributed by atoms with Crippen molar-refractivity contribution in [2.75, 3.05) is 18.0 Å². The molecule has 0 aliphatic carbocycles. The van der Waals surface area contributed by atoms with Gasteiger partial charge in [-0.3, -0.25) is 4.79 Å². The molecule has 116 valence electrons. The molecule has 2 heterocycles. The monoisotopic (exact) mass is 290 g/mol. The van der Waals surface area contributed by atoms with E-state index in [1.54, 1.807) is 0 Å². The Hall–Kier alpha value is -1.65. The Labute approximate surface area is 127 Å². The lowest BCUT2D eigenvalue weighted by Crippen LogP contribution is -2.45. The normalized spacial score (nSPS) is 20.2. The van der Waals surface area contributed by atoms with Crippen LogP contribution in [0.4, 0.5) is 5.95 Å². The van der Waals surface area contributed by atoms with Gasteiger partial charge in [0.05, 0.1) is 5.92 Å². The summed E-state index contributed by atoms with van der Waals surface area (Å²) in [6, 6.07) is 2.21. The number of amides is 1. The van der Waals surface area contributed by atoms with Crippen LogP contribution in [0.1, 0.15) is 44.5 Å². The Kier molecular flexibility index (Phi) is 5.15. The van der Waals surface area contributed by atoms with Crippen LogP contribution in [0.2, 0.25) is 0 Å². The van der Waals surface area contributed by atoms with Gasteiger partial charge in [-0.2, -0.15) is 0 Å². The van der Waals surface area contributed by atoms with Crippen LogP contribution in [-0.4, -0.2) is 35.0 Å². The first-order chi connectivity index (χ1) is 9.99. The topological polar surface area (TPSA) is 58.1 Å². The summed E-state index contributed by atoms with van der Waals surface area (Å²) in [6.45, 7) is 9.73. The van der Waals surface area contributed by atoms with Gasteiger partial charge in [-0.1, -0.05) is 6.92 Å². The van der Waals surface area contributed by atoms with E-state index in [9.17, 15) is 4.79 Å². The van der Waals surface area contributed by atoms with Crippen LogP contribution in [-0.2, 0) is 4.79 Å². The van der Waals surface area contributed by atoms with Gasteiger partial charge in [0.25, 0.3) is 0 Å². The van der Waals surface area contributed by atoms with Gasteiger partial charge in [0.1, 0.15) is 0 Å². The highest BCUT2D eigenvalue weighted by Gasteiger charge is 2.27. The van der Waals surface area contributed by atoms with Gasteiger partial charge in [0, 0.05) is 30.5 Å². The number of aryl methyl sites for hydroxylation is 2. The maximum absolute atomic E-state index is 12.3. The van der Waals surface area contributed by atoms with Crippen LogP contribution in [0, 0.1) is 19.8 Å². The number of piperidine rings is 1. The molecule has 1 aliphatic rings. The molecule has 2 atom stereocenters. The summed E-state index contributed by atoms with van der Waals surface area (Å²) in [7, 11) is 0. The van der Waals surface area contributed by atoms with E-state index in [4.69, 9.17) is 0 Å². The van der Waals surface area contributed by atoms with E-state index in [2.05, 4.69) is 27.1 Å². The third-order valence-corrected chi connectivity index (χ3v) is 4.05. The molecule has 5 heteroatoms. The second-order valence-electron chi connectivity index (χ2n) is 6.05. The summed E-state index contributed by atoms with van der Waals surface area (Å²) in [5.74, 6) is 0.962. The molecule has 1 fully saturated rings. The van der Waals surface area contributed by atoms with Gasteiger partial charge in [-0.05, 0) is 46.1 Å². The van der Waals surface area contributed by atoms with E-state index in [-0.39, 0.29) is 17.9 Å². The first-order valence-electron chi connectivity index (χ1n) is 7.87. The van der Waals surface area contributed by atoms with E-state index in [1.165, 1.54) is 0 Å². The number of carbonyl (C=O) groups is 1. The third-order valence-electron chi connectivity index (χ3n) is 4.05. The van der Waals surface area contributed by atoms with Gasteiger partial charge in [-0.25, -0.2) is 9.97 Å². The summed E-state index contributed by atoms with van der Waals surface area (Å²) in [6.07, 6.45) is 2.92. The van der Waals surface area contributed by atoms with E-state index < -0.39 is 0 Å². The molecule has 1 aromatic rings. The van der Waals surface area contributed by atoms with Crippen molar-refractivity contribution in [3.8, 4) is 0 Å². The van der Waals surface area contributed by atoms with Crippen molar-refractivity contribution in [3.63, 3.8) is 0 Å². The molecule has 1 N–H and O–H groups in total. The number of anilines is 1. The Morgan fingerprint density at radius 2 is 2.10 bits per heavy atom. The Bertz CT molecular complexity index is 483. The van der Waals surface area contributed by atoms with Crippen LogP contribution < -0.4 is 10.2 Å². The Morgan fingerprint density at radius 1 is 1.43 bits per heavy atom. The van der Waals surface area contributed by atoms with Gasteiger partial charge in [0.2, 0.25) is 11.9 Å². The third kappa shape index (κ3) is 4.16. The summed E-state index contributed by atoms with van der Waals surface area (Å²) in [5.41, 5.74) is 1.95. The number of hydrogen-bond acceptors (Lipinski definition) is 4. The molecular formula is C16H26N4O. The number of aromatic nitrogens is 2. The predicted octanol–water partition coefficient (Wildman–Crippen LogP) is 2.22. The van der Waals surface area contributed by atoms with E-state index in [0.717, 1.165) is 43.1 Å². The molecule has 0 aromatic carbocycles. The zero-order chi connectivity index (χ0) is 15.4. The van der Waals surface area contributed by atoms with Gasteiger partial charge in [-0.15, -0.1) is 0 Å². The smallest absolute Gasteiger partial charge is 0.225 e. The van der Waals surface area contributed by atoms with E-state index in [1.807, 2.05) is 26.8 Å². The fourth-order valence-electron chi connectivity index (χ4n) is 2.68. The molecule has 1 aliphatic heterocycles. The molecule has 0 unspecified atom stereocenters. The van der Waals surface area contributed by atoms with Crippen LogP contribution in [0.15, 0.2) is 6.07 Å². The predicted molar refractivity (Wildman–Crippen MR) is 84.3 cm³/mol. The highest BCUT2D eigenvalue weighted by Crippen LogP contribution is 2.21. The first-order valence-corrected chi connectivity index (χ1v) is 7.87. The number of nitrogens with zero attached hydrogens (tertiary/aromatic N) is 3. The van der Waals surface area contributed by atoms with Crippen molar-refractivity contribution in [2.24, 2.45) is 5.92 Å². The van der Waals surface area contributed by atoms with E-state index in [0.29, 0.717) is 6.54 Å². The zero-order valence-corrected chi connectivity index (χ0v) is 13.5. The molecular weight excluding hydrogens is 264 g/mol. The molecule has 0 bridgehead atoms. The van der Waals surface area contributed by atoms with Crippen LogP contribution >= 0.6 is 0 Å². The Balaban J connectivity index is 2.05. The molecule has 1 amide bonds. The maximum Gasteiger partial charge on any atom is 0.225 e. The van der Waals surface area contributed by atoms with Crippen LogP contribution in [0.25, 0.3) is 0 Å². The SMILES string of the molecule is CC[C@@H](C)NC(=O)[C@@H]1CCCN(c2nc(C)cc(C)n2)C1. The molecule has 0 radical (unpaired) electrons. The zero-order valence-electron chi connectivity index (χ0n) is 13.5. The Morgan fingerprint density at radius 3 is 2.71 bits per heavy atom. The molecule has 0 saturated carbocycles. The summed E-state index contributed by atoms with van der Waals surface area (Å²) < 4.78 is 0. The number of hydrogen-bond donors (Lipinski definition) is 1. The largest absolute Gasteiger partial charge is 0.353 e. The molecule has 2 rings (SSSR count). The number of nitrogens with one attached hydrogen (secondary N) is 1. The van der Waals surface area contributed by atoms with Crippen LogP contribution in [0.5, 0.6) is 0 Å². The minimum absolute atomic E-state index is 0.0390. The molecule has 5 nitrogen and oxygen atoms in total. The summed E-state index contributed by atoms with van der Waals surface area (Å²) in [4.78, 5) is 23.5. The van der Waals surface area contributed by atoms with Crippen molar-refractivity contribution in [1.29, 1.82) is 0 Å². The standard InChI is InChI=1S/C16H26N4O/c1-5-11(2)17-15(21)14-7-6-8-20(10-14)16-18-12(3)9-13(4)19-16/h9,11,14H,5-8,10H2,1-4H3,(H,17,21)/t11-,14-/m1/s1. The van der Waals surface area contributed by atoms with Gasteiger partial charge in [0.15, 0.2) is 0 Å². The second-order valence-corrected chi connectivity index (χ2v) is 6.05. The number of carbonyl (C=O) groups excluding carboxylic acids is 1. The summed E-state index contributed by atoms with van der Waals surface area (Å²) >= 11 is 0.